The third kappa shape index (κ3) is 4.56. The summed E-state index contributed by atoms with van der Waals surface area (Å²) >= 11 is 3.40. The number of carbonyl (C=O) groups excluding carboxylic acids is 3. The summed E-state index contributed by atoms with van der Waals surface area (Å²) < 4.78 is 6.14. The molecule has 2 fully saturated rings. The Balaban J connectivity index is 1.38. The summed E-state index contributed by atoms with van der Waals surface area (Å²) in [4.78, 5) is 38.2. The molecule has 1 spiro atoms. The van der Waals surface area contributed by atoms with Crippen LogP contribution >= 0.6 is 15.9 Å². The van der Waals surface area contributed by atoms with Crippen LogP contribution in [0.2, 0.25) is 0 Å². The van der Waals surface area contributed by atoms with Crippen LogP contribution in [-0.4, -0.2) is 36.6 Å². The Labute approximate surface area is 196 Å². The second-order valence-corrected chi connectivity index (χ2v) is 10.9. The third-order valence-corrected chi connectivity index (χ3v) is 7.18. The average Bonchev–Trinajstić information content (AvgIpc) is 3.38. The molecule has 2 bridgehead atoms. The van der Waals surface area contributed by atoms with Crippen LogP contribution < -0.4 is 16.0 Å². The number of alkyl carbamates (subject to hydrolysis) is 1. The molecule has 0 aromatic heterocycles. The van der Waals surface area contributed by atoms with Crippen LogP contribution in [0.25, 0.3) is 0 Å². The molecule has 1 aromatic carbocycles. The van der Waals surface area contributed by atoms with Gasteiger partial charge in [0.1, 0.15) is 5.60 Å². The van der Waals surface area contributed by atoms with E-state index in [0.717, 1.165) is 23.0 Å². The minimum atomic E-state index is -0.573. The van der Waals surface area contributed by atoms with Crippen molar-refractivity contribution in [2.24, 2.45) is 29.1 Å². The van der Waals surface area contributed by atoms with E-state index < -0.39 is 23.5 Å². The smallest absolute Gasteiger partial charge is 0.407 e. The summed E-state index contributed by atoms with van der Waals surface area (Å²) in [7, 11) is 0. The molecule has 1 aromatic rings. The maximum absolute atomic E-state index is 13.3. The number of hydrogen-bond acceptors (Lipinski definition) is 4. The van der Waals surface area contributed by atoms with Crippen molar-refractivity contribution in [3.05, 3.63) is 40.9 Å². The second kappa shape index (κ2) is 8.54. The van der Waals surface area contributed by atoms with E-state index in [-0.39, 0.29) is 42.2 Å². The van der Waals surface area contributed by atoms with Gasteiger partial charge in [-0.05, 0) is 75.1 Å². The number of amides is 3. The highest BCUT2D eigenvalue weighted by Gasteiger charge is 2.69. The molecule has 4 rings (SSSR count). The molecule has 7 nitrogen and oxygen atoms in total. The van der Waals surface area contributed by atoms with Crippen molar-refractivity contribution in [3.63, 3.8) is 0 Å². The number of rotatable bonds is 6. The molecule has 0 radical (unpaired) electrons. The Bertz CT molecular complexity index is 934. The van der Waals surface area contributed by atoms with Crippen molar-refractivity contribution in [3.8, 4) is 0 Å². The van der Waals surface area contributed by atoms with E-state index in [2.05, 4.69) is 44.0 Å². The van der Waals surface area contributed by atoms with Gasteiger partial charge in [-0.15, -0.1) is 0 Å². The zero-order valence-electron chi connectivity index (χ0n) is 18.6. The summed E-state index contributed by atoms with van der Waals surface area (Å²) in [5.41, 5.74) is 0.213. The number of hydrogen-bond donors (Lipinski definition) is 3. The second-order valence-electron chi connectivity index (χ2n) is 9.94. The zero-order valence-corrected chi connectivity index (χ0v) is 20.2. The molecule has 0 unspecified atom stereocenters. The van der Waals surface area contributed by atoms with Gasteiger partial charge in [0.25, 0.3) is 0 Å². The minimum absolute atomic E-state index is 0.0680. The quantitative estimate of drug-likeness (QED) is 0.405. The monoisotopic (exact) mass is 503 g/mol. The minimum Gasteiger partial charge on any atom is -0.444 e. The number of carbonyl (C=O) groups is 3. The first-order chi connectivity index (χ1) is 15.1. The molecular formula is C24H30BrN3O4. The van der Waals surface area contributed by atoms with Crippen molar-refractivity contribution in [2.45, 2.75) is 39.2 Å². The van der Waals surface area contributed by atoms with Crippen molar-refractivity contribution < 1.29 is 19.1 Å². The lowest BCUT2D eigenvalue weighted by molar-refractivity contribution is -0.132. The Morgan fingerprint density at radius 3 is 2.09 bits per heavy atom. The number of allylic oxidation sites excluding steroid dienone is 2. The Kier molecular flexibility index (Phi) is 6.09. The zero-order chi connectivity index (χ0) is 23.1. The van der Waals surface area contributed by atoms with Gasteiger partial charge in [0.15, 0.2) is 0 Å². The lowest BCUT2D eigenvalue weighted by Crippen LogP contribution is -2.44. The molecule has 4 atom stereocenters. The molecule has 3 aliphatic carbocycles. The van der Waals surface area contributed by atoms with E-state index in [1.54, 1.807) is 20.8 Å². The van der Waals surface area contributed by atoms with E-state index in [1.165, 1.54) is 0 Å². The molecule has 8 heteroatoms. The van der Waals surface area contributed by atoms with Gasteiger partial charge in [0, 0.05) is 23.2 Å². The predicted octanol–water partition coefficient (Wildman–Crippen LogP) is 3.86. The van der Waals surface area contributed by atoms with Crippen LogP contribution in [0, 0.1) is 29.1 Å². The molecule has 3 amide bonds. The van der Waals surface area contributed by atoms with Gasteiger partial charge in [0.05, 0.1) is 11.8 Å². The molecule has 0 aliphatic heterocycles. The fraction of sp³-hybridized carbons (Fsp3) is 0.542. The summed E-state index contributed by atoms with van der Waals surface area (Å²) in [6.07, 6.45) is 5.86. The van der Waals surface area contributed by atoms with Crippen LogP contribution in [-0.2, 0) is 14.3 Å². The summed E-state index contributed by atoms with van der Waals surface area (Å²) in [5.74, 6) is -0.845. The van der Waals surface area contributed by atoms with Crippen molar-refractivity contribution >= 4 is 39.5 Å². The van der Waals surface area contributed by atoms with Crippen molar-refractivity contribution in [1.29, 1.82) is 0 Å². The number of nitrogens with one attached hydrogen (secondary N) is 3. The van der Waals surface area contributed by atoms with Crippen LogP contribution in [0.3, 0.4) is 0 Å². The van der Waals surface area contributed by atoms with Gasteiger partial charge < -0.3 is 20.7 Å². The van der Waals surface area contributed by atoms with Gasteiger partial charge in [-0.2, -0.15) is 0 Å². The molecule has 0 heterocycles. The normalized spacial score (nSPS) is 26.6. The molecule has 3 N–H and O–H groups in total. The van der Waals surface area contributed by atoms with Crippen molar-refractivity contribution in [2.75, 3.05) is 18.4 Å². The fourth-order valence-corrected chi connectivity index (χ4v) is 5.52. The molecular weight excluding hydrogens is 474 g/mol. The van der Waals surface area contributed by atoms with Gasteiger partial charge in [-0.1, -0.05) is 28.1 Å². The van der Waals surface area contributed by atoms with E-state index in [4.69, 9.17) is 4.74 Å². The van der Waals surface area contributed by atoms with E-state index in [9.17, 15) is 14.4 Å². The lowest BCUT2D eigenvalue weighted by Gasteiger charge is -2.26. The topological polar surface area (TPSA) is 96.5 Å². The van der Waals surface area contributed by atoms with Crippen LogP contribution in [0.15, 0.2) is 40.9 Å². The Hall–Kier alpha value is -2.35. The Morgan fingerprint density at radius 2 is 1.53 bits per heavy atom. The first kappa shape index (κ1) is 22.8. The van der Waals surface area contributed by atoms with Crippen LogP contribution in [0.4, 0.5) is 10.5 Å². The van der Waals surface area contributed by atoms with Gasteiger partial charge >= 0.3 is 6.09 Å². The number of ether oxygens (including phenoxy) is 1. The highest BCUT2D eigenvalue weighted by atomic mass is 79.9. The predicted molar refractivity (Wildman–Crippen MR) is 125 cm³/mol. The highest BCUT2D eigenvalue weighted by Crippen LogP contribution is 2.72. The van der Waals surface area contributed by atoms with Crippen LogP contribution in [0.5, 0.6) is 0 Å². The number of benzene rings is 1. The molecule has 172 valence electrons. The van der Waals surface area contributed by atoms with E-state index in [1.807, 2.05) is 24.3 Å². The third-order valence-electron chi connectivity index (χ3n) is 6.65. The van der Waals surface area contributed by atoms with Gasteiger partial charge in [0.2, 0.25) is 11.8 Å². The Morgan fingerprint density at radius 1 is 0.969 bits per heavy atom. The molecule has 32 heavy (non-hydrogen) atoms. The SMILES string of the molecule is CC(C)(C)OC(=O)NCCNC(=O)[C@H]1[C@H](C(=O)Nc2ccc(Br)cc2)[C@H]2C=C[C@H]1C21CC1. The summed E-state index contributed by atoms with van der Waals surface area (Å²) in [6, 6.07) is 7.44. The van der Waals surface area contributed by atoms with Crippen molar-refractivity contribution in [1.82, 2.24) is 10.6 Å². The molecule has 2 saturated carbocycles. The number of anilines is 1. The van der Waals surface area contributed by atoms with Gasteiger partial charge in [-0.25, -0.2) is 4.79 Å². The largest absolute Gasteiger partial charge is 0.444 e. The first-order valence-corrected chi connectivity index (χ1v) is 11.9. The van der Waals surface area contributed by atoms with Gasteiger partial charge in [-0.3, -0.25) is 9.59 Å². The fourth-order valence-electron chi connectivity index (χ4n) is 5.25. The highest BCUT2D eigenvalue weighted by molar-refractivity contribution is 9.10. The maximum atomic E-state index is 13.3. The molecule has 3 aliphatic rings. The summed E-state index contributed by atoms with van der Waals surface area (Å²) in [5, 5.41) is 8.57. The van der Waals surface area contributed by atoms with Crippen LogP contribution in [0.1, 0.15) is 33.6 Å². The standard InChI is InChI=1S/C24H30BrN3O4/c1-23(2,3)32-22(31)27-13-12-26-20(29)18-16-8-9-17(24(16)10-11-24)19(18)21(30)28-15-6-4-14(25)5-7-15/h4-9,16-19H,10-13H2,1-3H3,(H,26,29)(H,27,31)(H,28,30)/t16-,17-,18-,19-/m1/s1. The number of halogens is 1. The van der Waals surface area contributed by atoms with E-state index in [0.29, 0.717) is 0 Å². The maximum Gasteiger partial charge on any atom is 0.407 e. The first-order valence-electron chi connectivity index (χ1n) is 11.1. The lowest BCUT2D eigenvalue weighted by atomic mass is 9.81. The average molecular weight is 504 g/mol. The molecule has 0 saturated heterocycles. The summed E-state index contributed by atoms with van der Waals surface area (Å²) in [6.45, 7) is 5.93. The van der Waals surface area contributed by atoms with E-state index >= 15 is 0 Å².